The molecule has 0 saturated carbocycles. The first-order valence-electron chi connectivity index (χ1n) is 7.27. The predicted molar refractivity (Wildman–Crippen MR) is 90.3 cm³/mol. The Balaban J connectivity index is 1.75. The van der Waals surface area contributed by atoms with E-state index in [2.05, 4.69) is 28.6 Å². The van der Waals surface area contributed by atoms with Gasteiger partial charge in [-0.2, -0.15) is 23.5 Å². The maximum Gasteiger partial charge on any atom is 0.149 e. The van der Waals surface area contributed by atoms with E-state index in [4.69, 9.17) is 4.98 Å². The third-order valence-corrected chi connectivity index (χ3v) is 6.01. The normalized spacial score (nSPS) is 27.7. The lowest BCUT2D eigenvalue weighted by Gasteiger charge is -2.34. The van der Waals surface area contributed by atoms with E-state index in [1.54, 1.807) is 0 Å². The molecule has 4 nitrogen and oxygen atoms in total. The SMILES string of the molecule is C[C@H]1CN(c2cncc(N3CCS[C@@H](C)C3)n2)CCS1. The Morgan fingerprint density at radius 3 is 1.90 bits per heavy atom. The molecule has 3 heterocycles. The van der Waals surface area contributed by atoms with Crippen LogP contribution in [0, 0.1) is 0 Å². The molecule has 0 spiro atoms. The molecule has 1 aromatic rings. The number of thioether (sulfide) groups is 2. The van der Waals surface area contributed by atoms with E-state index < -0.39 is 0 Å². The van der Waals surface area contributed by atoms with Crippen molar-refractivity contribution >= 4 is 35.2 Å². The molecule has 0 unspecified atom stereocenters. The highest BCUT2D eigenvalue weighted by atomic mass is 32.2. The highest BCUT2D eigenvalue weighted by molar-refractivity contribution is 8.00. The lowest BCUT2D eigenvalue weighted by Crippen LogP contribution is -2.39. The molecule has 110 valence electrons. The smallest absolute Gasteiger partial charge is 0.149 e. The van der Waals surface area contributed by atoms with E-state index in [0.717, 1.165) is 37.8 Å². The highest BCUT2D eigenvalue weighted by Crippen LogP contribution is 2.25. The zero-order chi connectivity index (χ0) is 13.9. The Morgan fingerprint density at radius 2 is 1.45 bits per heavy atom. The molecule has 2 aliphatic heterocycles. The van der Waals surface area contributed by atoms with Gasteiger partial charge >= 0.3 is 0 Å². The number of aromatic nitrogens is 2. The van der Waals surface area contributed by atoms with Crippen molar-refractivity contribution < 1.29 is 0 Å². The zero-order valence-electron chi connectivity index (χ0n) is 12.2. The second-order valence-corrected chi connectivity index (χ2v) is 8.58. The van der Waals surface area contributed by atoms with Crippen LogP contribution in [0.1, 0.15) is 13.8 Å². The zero-order valence-corrected chi connectivity index (χ0v) is 13.8. The van der Waals surface area contributed by atoms with Crippen molar-refractivity contribution in [2.24, 2.45) is 0 Å². The van der Waals surface area contributed by atoms with Crippen LogP contribution in [0.2, 0.25) is 0 Å². The van der Waals surface area contributed by atoms with E-state index >= 15 is 0 Å². The molecule has 2 saturated heterocycles. The van der Waals surface area contributed by atoms with E-state index in [9.17, 15) is 0 Å². The molecule has 0 bridgehead atoms. The molecule has 3 rings (SSSR count). The fourth-order valence-corrected chi connectivity index (χ4v) is 4.73. The molecule has 20 heavy (non-hydrogen) atoms. The van der Waals surface area contributed by atoms with E-state index in [0.29, 0.717) is 10.5 Å². The van der Waals surface area contributed by atoms with Gasteiger partial charge in [0, 0.05) is 48.2 Å². The van der Waals surface area contributed by atoms with Crippen molar-refractivity contribution in [1.29, 1.82) is 0 Å². The molecular weight excluding hydrogens is 288 g/mol. The van der Waals surface area contributed by atoms with E-state index in [1.165, 1.54) is 11.5 Å². The minimum absolute atomic E-state index is 0.681. The first-order chi connectivity index (χ1) is 9.72. The Kier molecular flexibility index (Phi) is 4.61. The van der Waals surface area contributed by atoms with Crippen molar-refractivity contribution in [2.45, 2.75) is 24.3 Å². The topological polar surface area (TPSA) is 32.3 Å². The van der Waals surface area contributed by atoms with Crippen LogP contribution in [0.15, 0.2) is 12.4 Å². The third-order valence-electron chi connectivity index (χ3n) is 3.74. The second kappa shape index (κ2) is 6.43. The summed E-state index contributed by atoms with van der Waals surface area (Å²) in [4.78, 5) is 14.0. The highest BCUT2D eigenvalue weighted by Gasteiger charge is 2.21. The van der Waals surface area contributed by atoms with Gasteiger partial charge in [0.1, 0.15) is 11.6 Å². The van der Waals surface area contributed by atoms with Crippen LogP contribution >= 0.6 is 23.5 Å². The van der Waals surface area contributed by atoms with Gasteiger partial charge in [-0.1, -0.05) is 13.8 Å². The Hall–Kier alpha value is -0.620. The minimum Gasteiger partial charge on any atom is -0.353 e. The molecule has 0 radical (unpaired) electrons. The summed E-state index contributed by atoms with van der Waals surface area (Å²) in [5.74, 6) is 4.45. The average Bonchev–Trinajstić information content (AvgIpc) is 2.47. The van der Waals surface area contributed by atoms with Gasteiger partial charge in [-0.15, -0.1) is 0 Å². The lowest BCUT2D eigenvalue weighted by atomic mass is 10.3. The Morgan fingerprint density at radius 1 is 0.950 bits per heavy atom. The van der Waals surface area contributed by atoms with Crippen molar-refractivity contribution in [3.05, 3.63) is 12.4 Å². The van der Waals surface area contributed by atoms with Crippen molar-refractivity contribution in [3.8, 4) is 0 Å². The fraction of sp³-hybridized carbons (Fsp3) is 0.714. The quantitative estimate of drug-likeness (QED) is 0.834. The van der Waals surface area contributed by atoms with Gasteiger partial charge in [0.2, 0.25) is 0 Å². The standard InChI is InChI=1S/C14H22N4S2/c1-11-9-17(3-5-19-11)13-7-15-8-14(16-13)18-4-6-20-12(2)10-18/h7-8,11-12H,3-6,9-10H2,1-2H3/t11-,12-/m0/s1. The van der Waals surface area contributed by atoms with Gasteiger partial charge in [0.05, 0.1) is 12.4 Å². The second-order valence-electron chi connectivity index (χ2n) is 5.49. The van der Waals surface area contributed by atoms with Crippen LogP contribution in [0.5, 0.6) is 0 Å². The summed E-state index contributed by atoms with van der Waals surface area (Å²) in [6.45, 7) is 8.90. The van der Waals surface area contributed by atoms with Crippen LogP contribution in [0.25, 0.3) is 0 Å². The number of hydrogen-bond acceptors (Lipinski definition) is 6. The average molecular weight is 310 g/mol. The van der Waals surface area contributed by atoms with Gasteiger partial charge in [-0.05, 0) is 0 Å². The summed E-state index contributed by atoms with van der Waals surface area (Å²) in [6.07, 6.45) is 3.82. The predicted octanol–water partition coefficient (Wildman–Crippen LogP) is 2.36. The molecule has 2 atom stereocenters. The molecule has 0 amide bonds. The molecule has 0 N–H and O–H groups in total. The van der Waals surface area contributed by atoms with Crippen LogP contribution in [-0.2, 0) is 0 Å². The van der Waals surface area contributed by atoms with Crippen molar-refractivity contribution in [2.75, 3.05) is 47.5 Å². The largest absolute Gasteiger partial charge is 0.353 e. The summed E-state index contributed by atoms with van der Waals surface area (Å²) in [5, 5.41) is 1.36. The fourth-order valence-electron chi connectivity index (χ4n) is 2.70. The summed E-state index contributed by atoms with van der Waals surface area (Å²) in [6, 6.07) is 0. The van der Waals surface area contributed by atoms with Crippen LogP contribution in [0.3, 0.4) is 0 Å². The summed E-state index contributed by atoms with van der Waals surface area (Å²) in [5.41, 5.74) is 0. The molecule has 0 aliphatic carbocycles. The molecule has 6 heteroatoms. The van der Waals surface area contributed by atoms with Gasteiger partial charge in [0.15, 0.2) is 0 Å². The molecule has 0 aromatic carbocycles. The van der Waals surface area contributed by atoms with Gasteiger partial charge < -0.3 is 9.80 Å². The van der Waals surface area contributed by atoms with Gasteiger partial charge in [-0.25, -0.2) is 4.98 Å². The number of hydrogen-bond donors (Lipinski definition) is 0. The first kappa shape index (κ1) is 14.3. The monoisotopic (exact) mass is 310 g/mol. The van der Waals surface area contributed by atoms with Gasteiger partial charge in [-0.3, -0.25) is 4.98 Å². The number of nitrogens with zero attached hydrogens (tertiary/aromatic N) is 4. The maximum atomic E-state index is 4.86. The van der Waals surface area contributed by atoms with E-state index in [-0.39, 0.29) is 0 Å². The van der Waals surface area contributed by atoms with E-state index in [1.807, 2.05) is 35.9 Å². The summed E-state index contributed by atoms with van der Waals surface area (Å²) in [7, 11) is 0. The number of rotatable bonds is 2. The van der Waals surface area contributed by atoms with Gasteiger partial charge in [0.25, 0.3) is 0 Å². The molecule has 2 aliphatic rings. The minimum atomic E-state index is 0.681. The van der Waals surface area contributed by atoms with Crippen molar-refractivity contribution in [1.82, 2.24) is 9.97 Å². The molecular formula is C14H22N4S2. The Bertz CT molecular complexity index is 419. The maximum absolute atomic E-state index is 4.86. The molecule has 1 aromatic heterocycles. The first-order valence-corrected chi connectivity index (χ1v) is 9.37. The molecule has 2 fully saturated rings. The number of anilines is 2. The summed E-state index contributed by atoms with van der Waals surface area (Å²) >= 11 is 4.09. The van der Waals surface area contributed by atoms with Crippen LogP contribution in [0.4, 0.5) is 11.6 Å². The van der Waals surface area contributed by atoms with Crippen LogP contribution < -0.4 is 9.80 Å². The lowest BCUT2D eigenvalue weighted by molar-refractivity contribution is 0.746. The summed E-state index contributed by atoms with van der Waals surface area (Å²) < 4.78 is 0. The van der Waals surface area contributed by atoms with Crippen LogP contribution in [-0.4, -0.2) is 58.2 Å². The third kappa shape index (κ3) is 3.34. The van der Waals surface area contributed by atoms with Crippen molar-refractivity contribution in [3.63, 3.8) is 0 Å². The Labute approximate surface area is 129 Å².